The number of carbonyl (C=O) groups excluding carboxylic acids is 1. The minimum atomic E-state index is -0.238. The van der Waals surface area contributed by atoms with E-state index in [-0.39, 0.29) is 11.3 Å². The molecular weight excluding hydrogens is 202 g/mol. The van der Waals surface area contributed by atoms with E-state index in [1.165, 1.54) is 0 Å². The van der Waals surface area contributed by atoms with Crippen molar-refractivity contribution in [3.05, 3.63) is 29.8 Å². The number of anilines is 1. The molecule has 1 aromatic rings. The summed E-state index contributed by atoms with van der Waals surface area (Å²) in [4.78, 5) is 11.3. The van der Waals surface area contributed by atoms with Crippen LogP contribution in [0.25, 0.3) is 0 Å². The minimum absolute atomic E-state index is 0.0378. The summed E-state index contributed by atoms with van der Waals surface area (Å²) in [5, 5.41) is 4.14. The topological polar surface area (TPSA) is 67.5 Å². The Labute approximate surface area is 94.5 Å². The van der Waals surface area contributed by atoms with E-state index in [4.69, 9.17) is 5.73 Å². The molecule has 0 saturated carbocycles. The van der Waals surface area contributed by atoms with Crippen molar-refractivity contribution in [2.45, 2.75) is 20.3 Å². The predicted molar refractivity (Wildman–Crippen MR) is 63.9 cm³/mol. The monoisotopic (exact) mass is 217 g/mol. The van der Waals surface area contributed by atoms with Gasteiger partial charge in [0.2, 0.25) is 5.91 Å². The third kappa shape index (κ3) is 1.91. The van der Waals surface area contributed by atoms with Crippen molar-refractivity contribution in [2.75, 3.05) is 5.73 Å². The van der Waals surface area contributed by atoms with Crippen molar-refractivity contribution in [3.63, 3.8) is 0 Å². The number of hydrazone groups is 1. The van der Waals surface area contributed by atoms with Crippen LogP contribution in [-0.2, 0) is 4.79 Å². The zero-order valence-electron chi connectivity index (χ0n) is 9.45. The van der Waals surface area contributed by atoms with Crippen molar-refractivity contribution in [3.8, 4) is 0 Å². The molecule has 0 radical (unpaired) electrons. The second-order valence-corrected chi connectivity index (χ2v) is 4.68. The summed E-state index contributed by atoms with van der Waals surface area (Å²) in [5.41, 5.74) is 10.5. The van der Waals surface area contributed by atoms with Gasteiger partial charge in [0.1, 0.15) is 0 Å². The number of rotatable bonds is 1. The lowest BCUT2D eigenvalue weighted by molar-refractivity contribution is -0.122. The Bertz CT molecular complexity index is 446. The summed E-state index contributed by atoms with van der Waals surface area (Å²) in [6.07, 6.45) is 0.455. The molecule has 4 nitrogen and oxygen atoms in total. The van der Waals surface area contributed by atoms with Gasteiger partial charge in [-0.05, 0) is 17.7 Å². The number of nitrogen functional groups attached to an aromatic ring is 1. The summed E-state index contributed by atoms with van der Waals surface area (Å²) in [5.74, 6) is -0.0378. The summed E-state index contributed by atoms with van der Waals surface area (Å²) in [6.45, 7) is 4.03. The Hall–Kier alpha value is -1.84. The fraction of sp³-hybridized carbons (Fsp3) is 0.333. The van der Waals surface area contributed by atoms with Crippen LogP contribution in [0.4, 0.5) is 5.69 Å². The van der Waals surface area contributed by atoms with Gasteiger partial charge in [0.25, 0.3) is 0 Å². The number of amides is 1. The number of carbonyl (C=O) groups is 1. The second kappa shape index (κ2) is 3.63. The van der Waals surface area contributed by atoms with Crippen molar-refractivity contribution >= 4 is 17.3 Å². The summed E-state index contributed by atoms with van der Waals surface area (Å²) < 4.78 is 0. The van der Waals surface area contributed by atoms with Gasteiger partial charge in [-0.15, -0.1) is 0 Å². The fourth-order valence-corrected chi connectivity index (χ4v) is 1.89. The first-order valence-electron chi connectivity index (χ1n) is 5.22. The van der Waals surface area contributed by atoms with Gasteiger partial charge in [0, 0.05) is 17.5 Å². The van der Waals surface area contributed by atoms with Crippen LogP contribution >= 0.6 is 0 Å². The molecule has 84 valence electrons. The normalized spacial score (nSPS) is 18.9. The summed E-state index contributed by atoms with van der Waals surface area (Å²) in [6, 6.07) is 7.52. The van der Waals surface area contributed by atoms with Crippen molar-refractivity contribution in [1.29, 1.82) is 0 Å². The van der Waals surface area contributed by atoms with Crippen LogP contribution in [0.1, 0.15) is 25.8 Å². The largest absolute Gasteiger partial charge is 0.399 e. The molecular formula is C12H15N3O. The molecule has 1 aromatic carbocycles. The molecule has 16 heavy (non-hydrogen) atoms. The zero-order chi connectivity index (χ0) is 11.8. The van der Waals surface area contributed by atoms with Gasteiger partial charge < -0.3 is 5.73 Å². The maximum atomic E-state index is 11.3. The number of nitrogens with one attached hydrogen (secondary N) is 1. The molecule has 2 rings (SSSR count). The third-order valence-electron chi connectivity index (χ3n) is 2.72. The van der Waals surface area contributed by atoms with Gasteiger partial charge in [-0.2, -0.15) is 5.10 Å². The first-order chi connectivity index (χ1) is 7.49. The zero-order valence-corrected chi connectivity index (χ0v) is 9.45. The van der Waals surface area contributed by atoms with Gasteiger partial charge in [0.05, 0.1) is 5.71 Å². The molecule has 0 unspecified atom stereocenters. The van der Waals surface area contributed by atoms with Gasteiger partial charge in [-0.3, -0.25) is 4.79 Å². The van der Waals surface area contributed by atoms with Crippen LogP contribution in [0.3, 0.4) is 0 Å². The molecule has 0 spiro atoms. The minimum Gasteiger partial charge on any atom is -0.399 e. The van der Waals surface area contributed by atoms with Gasteiger partial charge in [-0.1, -0.05) is 26.0 Å². The number of nitrogens with two attached hydrogens (primary N) is 1. The summed E-state index contributed by atoms with van der Waals surface area (Å²) in [7, 11) is 0. The number of hydrogen-bond acceptors (Lipinski definition) is 3. The highest BCUT2D eigenvalue weighted by Gasteiger charge is 2.32. The molecule has 1 heterocycles. The van der Waals surface area contributed by atoms with E-state index >= 15 is 0 Å². The lowest BCUT2D eigenvalue weighted by atomic mass is 9.79. The molecule has 0 atom stereocenters. The average molecular weight is 217 g/mol. The lowest BCUT2D eigenvalue weighted by Crippen LogP contribution is -2.39. The lowest BCUT2D eigenvalue weighted by Gasteiger charge is -2.29. The third-order valence-corrected chi connectivity index (χ3v) is 2.72. The van der Waals surface area contributed by atoms with Gasteiger partial charge in [0.15, 0.2) is 0 Å². The van der Waals surface area contributed by atoms with E-state index in [1.807, 2.05) is 38.1 Å². The number of hydrogen-bond donors (Lipinski definition) is 2. The van der Waals surface area contributed by atoms with Gasteiger partial charge in [-0.25, -0.2) is 5.43 Å². The highest BCUT2D eigenvalue weighted by Crippen LogP contribution is 2.29. The van der Waals surface area contributed by atoms with E-state index in [1.54, 1.807) is 0 Å². The average Bonchev–Trinajstić information content (AvgIpc) is 2.18. The highest BCUT2D eigenvalue weighted by molar-refractivity contribution is 6.08. The van der Waals surface area contributed by atoms with Crippen LogP contribution in [0.15, 0.2) is 29.4 Å². The molecule has 0 bridgehead atoms. The number of benzene rings is 1. The highest BCUT2D eigenvalue weighted by atomic mass is 16.2. The summed E-state index contributed by atoms with van der Waals surface area (Å²) >= 11 is 0. The smallest absolute Gasteiger partial charge is 0.241 e. The Kier molecular flexibility index (Phi) is 2.42. The number of nitrogens with zero attached hydrogens (tertiary/aromatic N) is 1. The Balaban J connectivity index is 2.40. The fourth-order valence-electron chi connectivity index (χ4n) is 1.89. The molecule has 0 fully saturated rings. The molecule has 4 heteroatoms. The van der Waals surface area contributed by atoms with Gasteiger partial charge >= 0.3 is 0 Å². The second-order valence-electron chi connectivity index (χ2n) is 4.68. The molecule has 1 aliphatic rings. The van der Waals surface area contributed by atoms with E-state index < -0.39 is 0 Å². The molecule has 0 saturated heterocycles. The van der Waals surface area contributed by atoms with E-state index in [0.717, 1.165) is 17.0 Å². The predicted octanol–water partition coefficient (Wildman–Crippen LogP) is 1.52. The van der Waals surface area contributed by atoms with Crippen LogP contribution in [0, 0.1) is 5.41 Å². The molecule has 0 aliphatic carbocycles. The molecule has 1 amide bonds. The van der Waals surface area contributed by atoms with Crippen LogP contribution in [0.5, 0.6) is 0 Å². The first kappa shape index (κ1) is 10.7. The first-order valence-corrected chi connectivity index (χ1v) is 5.22. The van der Waals surface area contributed by atoms with E-state index in [9.17, 15) is 4.79 Å². The molecule has 3 N–H and O–H groups in total. The van der Waals surface area contributed by atoms with Crippen LogP contribution in [0.2, 0.25) is 0 Å². The van der Waals surface area contributed by atoms with Crippen LogP contribution in [-0.4, -0.2) is 11.6 Å². The van der Waals surface area contributed by atoms with E-state index in [2.05, 4.69) is 10.5 Å². The Morgan fingerprint density at radius 3 is 2.50 bits per heavy atom. The maximum absolute atomic E-state index is 11.3. The maximum Gasteiger partial charge on any atom is 0.241 e. The SMILES string of the molecule is CC1(C)CC(=O)NN=C1c1ccc(N)cc1. The quantitative estimate of drug-likeness (QED) is 0.700. The van der Waals surface area contributed by atoms with Crippen molar-refractivity contribution in [2.24, 2.45) is 10.5 Å². The van der Waals surface area contributed by atoms with Crippen molar-refractivity contribution < 1.29 is 4.79 Å². The standard InChI is InChI=1S/C12H15N3O/c1-12(2)7-10(16)14-15-11(12)8-3-5-9(13)6-4-8/h3-6H,7,13H2,1-2H3,(H,14,16). The van der Waals surface area contributed by atoms with E-state index in [0.29, 0.717) is 6.42 Å². The Morgan fingerprint density at radius 2 is 1.94 bits per heavy atom. The molecule has 1 aliphatic heterocycles. The Morgan fingerprint density at radius 1 is 1.31 bits per heavy atom. The van der Waals surface area contributed by atoms with Crippen LogP contribution < -0.4 is 11.2 Å². The molecule has 0 aromatic heterocycles. The van der Waals surface area contributed by atoms with Crippen molar-refractivity contribution in [1.82, 2.24) is 5.43 Å².